The summed E-state index contributed by atoms with van der Waals surface area (Å²) in [6.07, 6.45) is 0.502. The number of aliphatic hydroxyl groups is 1. The summed E-state index contributed by atoms with van der Waals surface area (Å²) in [7, 11) is 0. The third-order valence-corrected chi connectivity index (χ3v) is 4.71. The van der Waals surface area contributed by atoms with Crippen molar-refractivity contribution < 1.29 is 15.0 Å². The number of phenols is 1. The Morgan fingerprint density at radius 3 is 2.50 bits per heavy atom. The van der Waals surface area contributed by atoms with Gasteiger partial charge >= 0.3 is 0 Å². The normalized spacial score (nSPS) is 28.9. The fraction of sp³-hybridized carbons (Fsp3) is 0.562. The van der Waals surface area contributed by atoms with E-state index in [4.69, 9.17) is 5.73 Å². The van der Waals surface area contributed by atoms with E-state index in [-0.39, 0.29) is 23.6 Å². The predicted octanol–water partition coefficient (Wildman–Crippen LogP) is 0.139. The van der Waals surface area contributed by atoms with Crippen LogP contribution < -0.4 is 10.6 Å². The fourth-order valence-electron chi connectivity index (χ4n) is 3.38. The van der Waals surface area contributed by atoms with Crippen molar-refractivity contribution in [3.63, 3.8) is 0 Å². The molecule has 1 aromatic rings. The second-order valence-corrected chi connectivity index (χ2v) is 6.23. The number of anilines is 1. The molecule has 1 aromatic carbocycles. The molecule has 0 unspecified atom stereocenters. The molecule has 120 valence electrons. The van der Waals surface area contributed by atoms with Crippen LogP contribution in [0.25, 0.3) is 0 Å². The van der Waals surface area contributed by atoms with Crippen molar-refractivity contribution in [2.45, 2.75) is 25.0 Å². The molecule has 0 bridgehead atoms. The van der Waals surface area contributed by atoms with Gasteiger partial charge in [-0.1, -0.05) is 6.07 Å². The molecule has 6 heteroatoms. The van der Waals surface area contributed by atoms with E-state index in [1.165, 1.54) is 0 Å². The van der Waals surface area contributed by atoms with E-state index in [0.29, 0.717) is 25.9 Å². The number of phenolic OH excluding ortho intramolecular Hbond substituents is 1. The lowest BCUT2D eigenvalue weighted by molar-refractivity contribution is -0.135. The lowest BCUT2D eigenvalue weighted by Crippen LogP contribution is -2.50. The topological polar surface area (TPSA) is 90.0 Å². The number of nitrogens with two attached hydrogens (primary N) is 1. The summed E-state index contributed by atoms with van der Waals surface area (Å²) in [6.45, 7) is 2.82. The van der Waals surface area contributed by atoms with Crippen LogP contribution in [0.5, 0.6) is 5.75 Å². The van der Waals surface area contributed by atoms with E-state index < -0.39 is 6.10 Å². The second-order valence-electron chi connectivity index (χ2n) is 6.23. The lowest BCUT2D eigenvalue weighted by atomic mass is 10.1. The Morgan fingerprint density at radius 2 is 1.91 bits per heavy atom. The molecular formula is C16H23N3O3. The smallest absolute Gasteiger partial charge is 0.225 e. The molecule has 0 aromatic heterocycles. The molecule has 1 saturated carbocycles. The van der Waals surface area contributed by atoms with Gasteiger partial charge in [-0.2, -0.15) is 0 Å². The first-order valence-corrected chi connectivity index (χ1v) is 7.81. The molecule has 1 heterocycles. The third-order valence-electron chi connectivity index (χ3n) is 4.71. The quantitative estimate of drug-likeness (QED) is 0.723. The van der Waals surface area contributed by atoms with Crippen LogP contribution in [0.4, 0.5) is 5.69 Å². The number of aromatic hydroxyl groups is 1. The van der Waals surface area contributed by atoms with Gasteiger partial charge in [-0.25, -0.2) is 0 Å². The van der Waals surface area contributed by atoms with Crippen molar-refractivity contribution in [3.8, 4) is 5.75 Å². The van der Waals surface area contributed by atoms with Crippen molar-refractivity contribution in [1.82, 2.24) is 4.90 Å². The average molecular weight is 305 g/mol. The van der Waals surface area contributed by atoms with E-state index >= 15 is 0 Å². The number of amides is 1. The number of aliphatic hydroxyl groups excluding tert-OH is 1. The van der Waals surface area contributed by atoms with Gasteiger partial charge in [-0.3, -0.25) is 4.79 Å². The summed E-state index contributed by atoms with van der Waals surface area (Å²) >= 11 is 0. The van der Waals surface area contributed by atoms with Crippen molar-refractivity contribution in [1.29, 1.82) is 0 Å². The number of hydrogen-bond donors (Lipinski definition) is 3. The number of carbonyl (C=O) groups excluding carboxylic acids is 1. The van der Waals surface area contributed by atoms with E-state index in [9.17, 15) is 15.0 Å². The van der Waals surface area contributed by atoms with E-state index in [2.05, 4.69) is 4.90 Å². The summed E-state index contributed by atoms with van der Waals surface area (Å²) < 4.78 is 0. The Labute approximate surface area is 130 Å². The van der Waals surface area contributed by atoms with Crippen LogP contribution in [0.1, 0.15) is 12.8 Å². The summed E-state index contributed by atoms with van der Waals surface area (Å²) in [5.41, 5.74) is 6.77. The largest absolute Gasteiger partial charge is 0.508 e. The molecule has 2 fully saturated rings. The Kier molecular flexibility index (Phi) is 4.22. The predicted molar refractivity (Wildman–Crippen MR) is 83.6 cm³/mol. The van der Waals surface area contributed by atoms with Crippen molar-refractivity contribution in [3.05, 3.63) is 24.3 Å². The maximum atomic E-state index is 12.5. The number of nitrogens with zero attached hydrogens (tertiary/aromatic N) is 2. The standard InChI is InChI=1S/C16H23N3O3/c17-14-8-11(9-15(14)21)16(22)19-6-4-18(5-7-19)12-2-1-3-13(20)10-12/h1-3,10-11,14-15,20-21H,4-9,17H2/t11-,14+,15+/m0/s1. The first kappa shape index (κ1) is 15.1. The Morgan fingerprint density at radius 1 is 1.18 bits per heavy atom. The number of hydrogen-bond acceptors (Lipinski definition) is 5. The van der Waals surface area contributed by atoms with Gasteiger partial charge in [-0.05, 0) is 25.0 Å². The maximum Gasteiger partial charge on any atom is 0.225 e. The van der Waals surface area contributed by atoms with Gasteiger partial charge in [-0.15, -0.1) is 0 Å². The minimum Gasteiger partial charge on any atom is -0.508 e. The minimum absolute atomic E-state index is 0.113. The van der Waals surface area contributed by atoms with Crippen LogP contribution in [0.2, 0.25) is 0 Å². The summed E-state index contributed by atoms with van der Waals surface area (Å²) in [5, 5.41) is 19.3. The van der Waals surface area contributed by atoms with Crippen LogP contribution in [0.15, 0.2) is 24.3 Å². The van der Waals surface area contributed by atoms with Gasteiger partial charge in [0.25, 0.3) is 0 Å². The Hall–Kier alpha value is -1.79. The molecule has 6 nitrogen and oxygen atoms in total. The second kappa shape index (κ2) is 6.14. The highest BCUT2D eigenvalue weighted by molar-refractivity contribution is 5.79. The lowest BCUT2D eigenvalue weighted by Gasteiger charge is -2.37. The maximum absolute atomic E-state index is 12.5. The summed E-state index contributed by atoms with van der Waals surface area (Å²) in [5.74, 6) is 0.227. The summed E-state index contributed by atoms with van der Waals surface area (Å²) in [4.78, 5) is 16.5. The average Bonchev–Trinajstić information content (AvgIpc) is 2.86. The van der Waals surface area contributed by atoms with Crippen LogP contribution in [0, 0.1) is 5.92 Å². The van der Waals surface area contributed by atoms with Crippen LogP contribution in [-0.2, 0) is 4.79 Å². The zero-order valence-corrected chi connectivity index (χ0v) is 12.6. The monoisotopic (exact) mass is 305 g/mol. The molecule has 22 heavy (non-hydrogen) atoms. The molecule has 4 N–H and O–H groups in total. The molecule has 0 spiro atoms. The first-order chi connectivity index (χ1) is 10.5. The number of piperazine rings is 1. The van der Waals surface area contributed by atoms with Gasteiger partial charge < -0.3 is 25.7 Å². The number of carbonyl (C=O) groups is 1. The molecule has 1 amide bonds. The van der Waals surface area contributed by atoms with Crippen molar-refractivity contribution in [2.24, 2.45) is 11.7 Å². The fourth-order valence-corrected chi connectivity index (χ4v) is 3.38. The van der Waals surface area contributed by atoms with Crippen LogP contribution in [0.3, 0.4) is 0 Å². The van der Waals surface area contributed by atoms with Crippen LogP contribution >= 0.6 is 0 Å². The summed E-state index contributed by atoms with van der Waals surface area (Å²) in [6, 6.07) is 6.90. The molecule has 1 aliphatic carbocycles. The number of rotatable bonds is 2. The molecule has 3 rings (SSSR count). The Bertz CT molecular complexity index is 533. The molecular weight excluding hydrogens is 282 g/mol. The van der Waals surface area contributed by atoms with Gasteiger partial charge in [0.2, 0.25) is 5.91 Å². The highest BCUT2D eigenvalue weighted by Crippen LogP contribution is 2.28. The Balaban J connectivity index is 1.56. The van der Waals surface area contributed by atoms with Gasteiger partial charge in [0.1, 0.15) is 5.75 Å². The van der Waals surface area contributed by atoms with E-state index in [0.717, 1.165) is 18.8 Å². The van der Waals surface area contributed by atoms with Crippen molar-refractivity contribution in [2.75, 3.05) is 31.1 Å². The third kappa shape index (κ3) is 3.03. The highest BCUT2D eigenvalue weighted by atomic mass is 16.3. The first-order valence-electron chi connectivity index (χ1n) is 7.81. The molecule has 1 saturated heterocycles. The molecule has 0 radical (unpaired) electrons. The molecule has 2 aliphatic rings. The van der Waals surface area contributed by atoms with Crippen molar-refractivity contribution >= 4 is 11.6 Å². The van der Waals surface area contributed by atoms with Gasteiger partial charge in [0, 0.05) is 49.9 Å². The highest BCUT2D eigenvalue weighted by Gasteiger charge is 2.37. The SMILES string of the molecule is N[C@@H]1C[C@H](C(=O)N2CCN(c3cccc(O)c3)CC2)C[C@H]1O. The minimum atomic E-state index is -0.553. The van der Waals surface area contributed by atoms with Gasteiger partial charge in [0.05, 0.1) is 6.10 Å². The van der Waals surface area contributed by atoms with E-state index in [1.807, 2.05) is 17.0 Å². The molecule has 3 atom stereocenters. The van der Waals surface area contributed by atoms with Crippen LogP contribution in [-0.4, -0.2) is 59.3 Å². The van der Waals surface area contributed by atoms with Gasteiger partial charge in [0.15, 0.2) is 0 Å². The number of benzene rings is 1. The zero-order valence-electron chi connectivity index (χ0n) is 12.6. The zero-order chi connectivity index (χ0) is 15.7. The molecule has 1 aliphatic heterocycles. The van der Waals surface area contributed by atoms with E-state index in [1.54, 1.807) is 12.1 Å².